The molecule has 5 aliphatic rings. The molecule has 2 unspecified atom stereocenters. The monoisotopic (exact) mass is 448 g/mol. The van der Waals surface area contributed by atoms with Crippen LogP contribution in [-0.4, -0.2) is 23.6 Å². The highest BCUT2D eigenvalue weighted by Crippen LogP contribution is 2.61. The van der Waals surface area contributed by atoms with Crippen molar-refractivity contribution in [2.75, 3.05) is 9.80 Å². The topological polar surface area (TPSA) is 74.8 Å². The Morgan fingerprint density at radius 2 is 0.853 bits per heavy atom. The van der Waals surface area contributed by atoms with Crippen molar-refractivity contribution in [3.8, 4) is 0 Å². The first-order chi connectivity index (χ1) is 16.6. The van der Waals surface area contributed by atoms with Gasteiger partial charge in [-0.05, 0) is 46.5 Å². The van der Waals surface area contributed by atoms with Crippen molar-refractivity contribution in [3.05, 3.63) is 95.1 Å². The van der Waals surface area contributed by atoms with E-state index in [9.17, 15) is 19.2 Å². The van der Waals surface area contributed by atoms with Crippen LogP contribution in [0.5, 0.6) is 0 Å². The number of carbonyl (C=O) groups is 4. The van der Waals surface area contributed by atoms with Crippen molar-refractivity contribution in [2.45, 2.75) is 24.7 Å². The van der Waals surface area contributed by atoms with Crippen LogP contribution in [-0.2, 0) is 19.2 Å². The van der Waals surface area contributed by atoms with E-state index >= 15 is 0 Å². The van der Waals surface area contributed by atoms with Crippen LogP contribution in [0.15, 0.2) is 72.8 Å². The zero-order chi connectivity index (χ0) is 23.1. The number of nitrogens with zero attached hydrogens (tertiary/aromatic N) is 2. The molecule has 4 amide bonds. The van der Waals surface area contributed by atoms with E-state index in [1.807, 2.05) is 24.3 Å². The van der Waals surface area contributed by atoms with Gasteiger partial charge >= 0.3 is 0 Å². The van der Waals surface area contributed by atoms with Gasteiger partial charge in [-0.15, -0.1) is 0 Å². The number of imide groups is 2. The molecule has 3 aromatic carbocycles. The van der Waals surface area contributed by atoms with Crippen molar-refractivity contribution in [3.63, 3.8) is 0 Å². The summed E-state index contributed by atoms with van der Waals surface area (Å²) in [5, 5.41) is 0. The summed E-state index contributed by atoms with van der Waals surface area (Å²) in [4.78, 5) is 54.2. The van der Waals surface area contributed by atoms with Crippen molar-refractivity contribution in [1.29, 1.82) is 0 Å². The second kappa shape index (κ2) is 6.73. The van der Waals surface area contributed by atoms with Crippen molar-refractivity contribution in [2.24, 2.45) is 11.8 Å². The summed E-state index contributed by atoms with van der Waals surface area (Å²) in [7, 11) is 0. The number of amides is 4. The fourth-order valence-electron chi connectivity index (χ4n) is 6.55. The molecule has 0 aromatic heterocycles. The van der Waals surface area contributed by atoms with E-state index in [1.54, 1.807) is 24.3 Å². The smallest absolute Gasteiger partial charge is 0.238 e. The van der Waals surface area contributed by atoms with Gasteiger partial charge < -0.3 is 0 Å². The molecular formula is C28H20N2O4. The Bertz CT molecular complexity index is 1290. The largest absolute Gasteiger partial charge is 0.274 e. The summed E-state index contributed by atoms with van der Waals surface area (Å²) < 4.78 is 0. The number of carbonyl (C=O) groups excluding carboxylic acids is 4. The Kier molecular flexibility index (Phi) is 3.84. The minimum Gasteiger partial charge on any atom is -0.274 e. The van der Waals surface area contributed by atoms with Gasteiger partial charge in [0.2, 0.25) is 23.6 Å². The first-order valence-corrected chi connectivity index (χ1v) is 11.6. The molecule has 3 aliphatic carbocycles. The van der Waals surface area contributed by atoms with Gasteiger partial charge in [0.25, 0.3) is 0 Å². The molecule has 166 valence electrons. The molecule has 2 fully saturated rings. The summed E-state index contributed by atoms with van der Waals surface area (Å²) in [5.74, 6) is -2.02. The van der Waals surface area contributed by atoms with E-state index in [0.29, 0.717) is 11.4 Å². The molecule has 3 aromatic rings. The van der Waals surface area contributed by atoms with E-state index in [1.165, 1.54) is 9.80 Å². The third kappa shape index (κ3) is 2.35. The first-order valence-electron chi connectivity index (χ1n) is 11.6. The number of hydrogen-bond acceptors (Lipinski definition) is 4. The highest BCUT2D eigenvalue weighted by atomic mass is 16.2. The van der Waals surface area contributed by atoms with E-state index in [-0.39, 0.29) is 48.3 Å². The average Bonchev–Trinajstić information content (AvgIpc) is 3.34. The van der Waals surface area contributed by atoms with Gasteiger partial charge in [0.1, 0.15) is 0 Å². The van der Waals surface area contributed by atoms with Gasteiger partial charge in [-0.25, -0.2) is 4.90 Å². The summed E-state index contributed by atoms with van der Waals surface area (Å²) in [5.41, 5.74) is 5.48. The summed E-state index contributed by atoms with van der Waals surface area (Å²) in [6, 6.07) is 22.9. The third-order valence-electron chi connectivity index (χ3n) is 7.87. The Morgan fingerprint density at radius 1 is 0.500 bits per heavy atom. The zero-order valence-corrected chi connectivity index (χ0v) is 18.2. The Labute approximate surface area is 195 Å². The lowest BCUT2D eigenvalue weighted by Gasteiger charge is -2.45. The van der Waals surface area contributed by atoms with Crippen LogP contribution in [0.1, 0.15) is 46.9 Å². The lowest BCUT2D eigenvalue weighted by atomic mass is 9.55. The molecule has 6 heteroatoms. The maximum absolute atomic E-state index is 13.8. The lowest BCUT2D eigenvalue weighted by molar-refractivity contribution is -0.123. The minimum absolute atomic E-state index is 0.150. The molecular weight excluding hydrogens is 428 g/mol. The molecule has 2 bridgehead atoms. The van der Waals surface area contributed by atoms with Crippen LogP contribution in [0, 0.1) is 11.8 Å². The van der Waals surface area contributed by atoms with Crippen molar-refractivity contribution >= 4 is 35.0 Å². The van der Waals surface area contributed by atoms with Crippen LogP contribution in [0.2, 0.25) is 0 Å². The Hall–Kier alpha value is -4.06. The van der Waals surface area contributed by atoms with E-state index in [0.717, 1.165) is 22.3 Å². The number of rotatable bonds is 2. The van der Waals surface area contributed by atoms with Gasteiger partial charge in [-0.3, -0.25) is 24.1 Å². The maximum Gasteiger partial charge on any atom is 0.238 e. The number of benzene rings is 3. The molecule has 0 N–H and O–H groups in total. The van der Waals surface area contributed by atoms with Crippen molar-refractivity contribution in [1.82, 2.24) is 0 Å². The fourth-order valence-corrected chi connectivity index (χ4v) is 6.55. The fraction of sp³-hybridized carbons (Fsp3) is 0.214. The first kappa shape index (κ1) is 19.4. The molecule has 2 heterocycles. The Morgan fingerprint density at radius 3 is 1.24 bits per heavy atom. The molecule has 2 aliphatic heterocycles. The standard InChI is InChI=1S/C28H20N2O4/c31-21-13-14-22(32)29(21)15-9-11-16(12-10-15)30-27(33)25-23-17-5-1-2-6-18(17)24(26(25)28(30)34)20-8-4-3-7-19(20)23/h1-12,23-26H,13-14H2. The highest BCUT2D eigenvalue weighted by Gasteiger charge is 2.61. The number of hydrogen-bond donors (Lipinski definition) is 0. The predicted octanol–water partition coefficient (Wildman–Crippen LogP) is 3.74. The van der Waals surface area contributed by atoms with Crippen LogP contribution in [0.3, 0.4) is 0 Å². The van der Waals surface area contributed by atoms with Crippen LogP contribution < -0.4 is 9.80 Å². The SMILES string of the molecule is O=C1CCC(=O)N1c1ccc(N2C(=O)C3C4c5ccccc5C(c5ccccc54)C3C2=O)cc1. The maximum atomic E-state index is 13.8. The Balaban J connectivity index is 1.31. The summed E-state index contributed by atoms with van der Waals surface area (Å²) >= 11 is 0. The minimum atomic E-state index is -0.441. The molecule has 0 radical (unpaired) electrons. The second-order valence-electron chi connectivity index (χ2n) is 9.42. The molecule has 2 saturated heterocycles. The number of anilines is 2. The third-order valence-corrected chi connectivity index (χ3v) is 7.87. The van der Waals surface area contributed by atoms with Gasteiger partial charge in [-0.2, -0.15) is 0 Å². The quantitative estimate of drug-likeness (QED) is 0.560. The summed E-state index contributed by atoms with van der Waals surface area (Å²) in [6.45, 7) is 0. The molecule has 8 rings (SSSR count). The van der Waals surface area contributed by atoms with Gasteiger partial charge in [0.05, 0.1) is 23.2 Å². The van der Waals surface area contributed by atoms with Crippen LogP contribution in [0.25, 0.3) is 0 Å². The molecule has 34 heavy (non-hydrogen) atoms. The lowest BCUT2D eigenvalue weighted by Crippen LogP contribution is -2.41. The van der Waals surface area contributed by atoms with Crippen molar-refractivity contribution < 1.29 is 19.2 Å². The van der Waals surface area contributed by atoms with E-state index in [2.05, 4.69) is 24.3 Å². The van der Waals surface area contributed by atoms with Gasteiger partial charge in [0, 0.05) is 24.7 Å². The van der Waals surface area contributed by atoms with Gasteiger partial charge in [-0.1, -0.05) is 48.5 Å². The molecule has 0 saturated carbocycles. The molecule has 2 atom stereocenters. The molecule has 6 nitrogen and oxygen atoms in total. The van der Waals surface area contributed by atoms with Crippen LogP contribution >= 0.6 is 0 Å². The predicted molar refractivity (Wildman–Crippen MR) is 124 cm³/mol. The normalized spacial score (nSPS) is 26.7. The highest BCUT2D eigenvalue weighted by molar-refractivity contribution is 6.24. The zero-order valence-electron chi connectivity index (χ0n) is 18.2. The molecule has 0 spiro atoms. The van der Waals surface area contributed by atoms with E-state index < -0.39 is 11.8 Å². The van der Waals surface area contributed by atoms with E-state index in [4.69, 9.17) is 0 Å². The average molecular weight is 448 g/mol. The summed E-state index contributed by atoms with van der Waals surface area (Å²) in [6.07, 6.45) is 0.411. The van der Waals surface area contributed by atoms with Gasteiger partial charge in [0.15, 0.2) is 0 Å². The van der Waals surface area contributed by atoms with Crippen LogP contribution in [0.4, 0.5) is 11.4 Å². The second-order valence-corrected chi connectivity index (χ2v) is 9.42.